The second kappa shape index (κ2) is 6.71. The van der Waals surface area contributed by atoms with E-state index < -0.39 is 0 Å². The zero-order valence-electron chi connectivity index (χ0n) is 12.6. The molecule has 0 saturated carbocycles. The van der Waals surface area contributed by atoms with Gasteiger partial charge in [-0.25, -0.2) is 9.97 Å². The Kier molecular flexibility index (Phi) is 4.72. The van der Waals surface area contributed by atoms with Crippen molar-refractivity contribution < 1.29 is 0 Å². The van der Waals surface area contributed by atoms with Crippen molar-refractivity contribution in [2.75, 3.05) is 17.7 Å². The van der Waals surface area contributed by atoms with Crippen molar-refractivity contribution in [2.24, 2.45) is 0 Å². The molecule has 1 aromatic carbocycles. The first-order valence-electron chi connectivity index (χ1n) is 7.00. The quantitative estimate of drug-likeness (QED) is 0.878. The van der Waals surface area contributed by atoms with E-state index in [0.717, 1.165) is 41.6 Å². The Morgan fingerprint density at radius 2 is 2.00 bits per heavy atom. The van der Waals surface area contributed by atoms with Crippen LogP contribution in [0.3, 0.4) is 0 Å². The van der Waals surface area contributed by atoms with Gasteiger partial charge in [-0.2, -0.15) is 5.26 Å². The van der Waals surface area contributed by atoms with E-state index >= 15 is 0 Å². The van der Waals surface area contributed by atoms with E-state index in [-0.39, 0.29) is 0 Å². The van der Waals surface area contributed by atoms with E-state index in [1.807, 2.05) is 26.1 Å². The van der Waals surface area contributed by atoms with Gasteiger partial charge in [0, 0.05) is 24.7 Å². The van der Waals surface area contributed by atoms with Crippen molar-refractivity contribution >= 4 is 17.3 Å². The molecule has 1 heterocycles. The Morgan fingerprint density at radius 1 is 1.24 bits per heavy atom. The van der Waals surface area contributed by atoms with Crippen molar-refractivity contribution in [1.82, 2.24) is 9.97 Å². The minimum absolute atomic E-state index is 0.620. The summed E-state index contributed by atoms with van der Waals surface area (Å²) < 4.78 is 0. The number of nitrogens with one attached hydrogen (secondary N) is 2. The number of hydrogen-bond acceptors (Lipinski definition) is 5. The second-order valence-corrected chi connectivity index (χ2v) is 4.78. The number of aromatic nitrogens is 2. The average Bonchev–Trinajstić information content (AvgIpc) is 2.50. The summed E-state index contributed by atoms with van der Waals surface area (Å²) in [7, 11) is 1.85. The third-order valence-corrected chi connectivity index (χ3v) is 3.16. The zero-order chi connectivity index (χ0) is 15.2. The zero-order valence-corrected chi connectivity index (χ0v) is 12.6. The summed E-state index contributed by atoms with van der Waals surface area (Å²) >= 11 is 0. The molecule has 0 unspecified atom stereocenters. The maximum absolute atomic E-state index is 8.97. The van der Waals surface area contributed by atoms with Gasteiger partial charge in [-0.05, 0) is 31.5 Å². The monoisotopic (exact) mass is 281 g/mol. The molecule has 2 N–H and O–H groups in total. The van der Waals surface area contributed by atoms with Gasteiger partial charge in [-0.3, -0.25) is 0 Å². The van der Waals surface area contributed by atoms with E-state index in [1.165, 1.54) is 0 Å². The first-order chi connectivity index (χ1) is 10.2. The average molecular weight is 281 g/mol. The van der Waals surface area contributed by atoms with Gasteiger partial charge < -0.3 is 10.6 Å². The summed E-state index contributed by atoms with van der Waals surface area (Å²) in [5.74, 6) is 2.41. The van der Waals surface area contributed by atoms with Gasteiger partial charge in [-0.1, -0.05) is 13.0 Å². The minimum atomic E-state index is 0.620. The smallest absolute Gasteiger partial charge is 0.139 e. The first-order valence-corrected chi connectivity index (χ1v) is 7.00. The lowest BCUT2D eigenvalue weighted by Gasteiger charge is -2.13. The van der Waals surface area contributed by atoms with Crippen molar-refractivity contribution in [3.63, 3.8) is 0 Å². The molecule has 0 saturated heterocycles. The Morgan fingerprint density at radius 3 is 2.67 bits per heavy atom. The van der Waals surface area contributed by atoms with Crippen molar-refractivity contribution in [1.29, 1.82) is 5.26 Å². The number of anilines is 3. The molecule has 0 atom stereocenters. The summed E-state index contributed by atoms with van der Waals surface area (Å²) in [6.45, 7) is 4.07. The van der Waals surface area contributed by atoms with Crippen molar-refractivity contribution in [3.8, 4) is 6.07 Å². The lowest BCUT2D eigenvalue weighted by Crippen LogP contribution is -2.07. The minimum Gasteiger partial charge on any atom is -0.373 e. The van der Waals surface area contributed by atoms with Crippen LogP contribution < -0.4 is 10.6 Å². The van der Waals surface area contributed by atoms with Crippen LogP contribution in [0, 0.1) is 18.3 Å². The lowest BCUT2D eigenvalue weighted by atomic mass is 10.2. The van der Waals surface area contributed by atoms with Crippen LogP contribution in [-0.4, -0.2) is 17.0 Å². The number of rotatable bonds is 5. The number of aryl methyl sites for hydroxylation is 1. The molecule has 0 aliphatic heterocycles. The van der Waals surface area contributed by atoms with Crippen molar-refractivity contribution in [3.05, 3.63) is 41.2 Å². The van der Waals surface area contributed by atoms with Gasteiger partial charge in [0.1, 0.15) is 17.5 Å². The molecular formula is C16H19N5. The summed E-state index contributed by atoms with van der Waals surface area (Å²) in [5, 5.41) is 15.3. The molecule has 0 spiro atoms. The van der Waals surface area contributed by atoms with Crippen LogP contribution in [0.15, 0.2) is 24.3 Å². The molecule has 0 radical (unpaired) electrons. The van der Waals surface area contributed by atoms with E-state index in [4.69, 9.17) is 5.26 Å². The highest BCUT2D eigenvalue weighted by atomic mass is 15.1. The van der Waals surface area contributed by atoms with Crippen molar-refractivity contribution in [2.45, 2.75) is 26.7 Å². The molecule has 2 aromatic rings. The van der Waals surface area contributed by atoms with Gasteiger partial charge in [-0.15, -0.1) is 0 Å². The second-order valence-electron chi connectivity index (χ2n) is 4.78. The summed E-state index contributed by atoms with van der Waals surface area (Å²) in [6.07, 6.45) is 1.83. The maximum atomic E-state index is 8.97. The highest BCUT2D eigenvalue weighted by Gasteiger charge is 2.10. The fourth-order valence-corrected chi connectivity index (χ4v) is 2.07. The Labute approximate surface area is 125 Å². The van der Waals surface area contributed by atoms with E-state index in [2.05, 4.69) is 33.6 Å². The van der Waals surface area contributed by atoms with Crippen LogP contribution in [0.1, 0.15) is 30.3 Å². The highest BCUT2D eigenvalue weighted by Crippen LogP contribution is 2.24. The summed E-state index contributed by atoms with van der Waals surface area (Å²) in [5.41, 5.74) is 2.43. The van der Waals surface area contributed by atoms with Gasteiger partial charge >= 0.3 is 0 Å². The van der Waals surface area contributed by atoms with Crippen LogP contribution in [0.25, 0.3) is 0 Å². The van der Waals surface area contributed by atoms with E-state index in [0.29, 0.717) is 5.56 Å². The van der Waals surface area contributed by atoms with Gasteiger partial charge in [0.05, 0.1) is 11.6 Å². The molecule has 5 nitrogen and oxygen atoms in total. The van der Waals surface area contributed by atoms with Crippen LogP contribution >= 0.6 is 0 Å². The molecule has 21 heavy (non-hydrogen) atoms. The molecule has 1 aromatic heterocycles. The van der Waals surface area contributed by atoms with E-state index in [1.54, 1.807) is 12.1 Å². The summed E-state index contributed by atoms with van der Waals surface area (Å²) in [4.78, 5) is 9.08. The third-order valence-electron chi connectivity index (χ3n) is 3.16. The maximum Gasteiger partial charge on any atom is 0.139 e. The van der Waals surface area contributed by atoms with E-state index in [9.17, 15) is 0 Å². The van der Waals surface area contributed by atoms with Gasteiger partial charge in [0.2, 0.25) is 0 Å². The molecule has 0 aliphatic rings. The fraction of sp³-hybridized carbons (Fsp3) is 0.312. The van der Waals surface area contributed by atoms with Gasteiger partial charge in [0.15, 0.2) is 0 Å². The van der Waals surface area contributed by atoms with Crippen LogP contribution in [0.2, 0.25) is 0 Å². The normalized spacial score (nSPS) is 10.0. The molecule has 0 aliphatic carbocycles. The number of hydrogen-bond donors (Lipinski definition) is 2. The Hall–Kier alpha value is -2.61. The molecule has 2 rings (SSSR count). The third kappa shape index (κ3) is 3.48. The predicted molar refractivity (Wildman–Crippen MR) is 84.8 cm³/mol. The van der Waals surface area contributed by atoms with Crippen LogP contribution in [0.4, 0.5) is 17.3 Å². The molecule has 0 bridgehead atoms. The molecule has 0 amide bonds. The molecule has 5 heteroatoms. The topological polar surface area (TPSA) is 73.6 Å². The summed E-state index contributed by atoms with van der Waals surface area (Å²) in [6, 6.07) is 9.49. The highest BCUT2D eigenvalue weighted by molar-refractivity contribution is 5.65. The number of nitrogens with zero attached hydrogens (tertiary/aromatic N) is 3. The van der Waals surface area contributed by atoms with Gasteiger partial charge in [0.25, 0.3) is 0 Å². The van der Waals surface area contributed by atoms with Crippen LogP contribution in [0.5, 0.6) is 0 Å². The predicted octanol–water partition coefficient (Wildman–Crippen LogP) is 3.39. The van der Waals surface area contributed by atoms with Crippen LogP contribution in [-0.2, 0) is 6.42 Å². The molecule has 0 fully saturated rings. The molecule has 108 valence electrons. The first kappa shape index (κ1) is 14.8. The Bertz CT molecular complexity index is 673. The number of benzene rings is 1. The lowest BCUT2D eigenvalue weighted by molar-refractivity contribution is 0.835. The molecular weight excluding hydrogens is 262 g/mol. The SMILES string of the molecule is CCCc1nc(NC)c(C)c(Nc2cccc(C#N)c2)n1. The standard InChI is InChI=1S/C16H19N5/c1-4-6-14-20-15(18-3)11(2)16(21-14)19-13-8-5-7-12(9-13)10-17/h5,7-9H,4,6H2,1-3H3,(H2,18,19,20,21). The fourth-order valence-electron chi connectivity index (χ4n) is 2.07. The number of nitriles is 1. The largest absolute Gasteiger partial charge is 0.373 e. The Balaban J connectivity index is 2.38.